The van der Waals surface area contributed by atoms with Gasteiger partial charge in [-0.1, -0.05) is 12.6 Å². The molecule has 2 saturated heterocycles. The van der Waals surface area contributed by atoms with Gasteiger partial charge in [0.25, 0.3) is 0 Å². The largest absolute Gasteiger partial charge is 0.497 e. The van der Waals surface area contributed by atoms with Gasteiger partial charge in [-0.05, 0) is 43.2 Å². The van der Waals surface area contributed by atoms with Crippen molar-refractivity contribution >= 4 is 28.0 Å². The van der Waals surface area contributed by atoms with E-state index >= 15 is 0 Å². The number of nitrogens with zero attached hydrogens (tertiary/aromatic N) is 3. The number of carbonyl (C=O) groups excluding carboxylic acids is 1. The maximum Gasteiger partial charge on any atom is 0.415 e. The number of hydrogen-bond acceptors (Lipinski definition) is 9. The fourth-order valence-corrected chi connectivity index (χ4v) is 5.20. The number of sulfone groups is 1. The summed E-state index contributed by atoms with van der Waals surface area (Å²) >= 11 is 0. The summed E-state index contributed by atoms with van der Waals surface area (Å²) in [6, 6.07) is 10.5. The molecule has 2 aliphatic heterocycles. The Hall–Kier alpha value is -4.26. The number of ether oxygens (including phenoxy) is 3. The number of morpholine rings is 1. The van der Waals surface area contributed by atoms with Crippen molar-refractivity contribution in [2.75, 3.05) is 44.9 Å². The predicted molar refractivity (Wildman–Crippen MR) is 148 cm³/mol. The average molecular weight is 574 g/mol. The Balaban J connectivity index is 1.44. The van der Waals surface area contributed by atoms with Gasteiger partial charge in [-0.25, -0.2) is 22.6 Å². The van der Waals surface area contributed by atoms with E-state index in [-0.39, 0.29) is 22.4 Å². The molecule has 2 aromatic rings. The van der Waals surface area contributed by atoms with E-state index < -0.39 is 21.7 Å². The van der Waals surface area contributed by atoms with Crippen LogP contribution in [-0.4, -0.2) is 76.3 Å². The summed E-state index contributed by atoms with van der Waals surface area (Å²) < 4.78 is 54.8. The van der Waals surface area contributed by atoms with E-state index in [0.29, 0.717) is 62.0 Å². The first kappa shape index (κ1) is 28.7. The quantitative estimate of drug-likeness (QED) is 0.378. The third kappa shape index (κ3) is 6.65. The maximum atomic E-state index is 14.7. The third-order valence-corrected chi connectivity index (χ3v) is 7.75. The Labute approximate surface area is 232 Å². The highest BCUT2D eigenvalue weighted by atomic mass is 32.2. The molecule has 0 atom stereocenters. The Bertz CT molecular complexity index is 1440. The van der Waals surface area contributed by atoms with Crippen LogP contribution in [0.25, 0.3) is 0 Å². The molecular weight excluding hydrogens is 541 g/mol. The molecule has 0 radical (unpaired) electrons. The summed E-state index contributed by atoms with van der Waals surface area (Å²) in [4.78, 5) is 20.4. The first-order chi connectivity index (χ1) is 19.1. The number of rotatable bonds is 7. The molecule has 0 unspecified atom stereocenters. The van der Waals surface area contributed by atoms with Crippen molar-refractivity contribution in [1.82, 2.24) is 9.80 Å². The van der Waals surface area contributed by atoms with Crippen LogP contribution in [0.2, 0.25) is 0 Å². The molecule has 11 nitrogen and oxygen atoms in total. The van der Waals surface area contributed by atoms with E-state index in [4.69, 9.17) is 19.9 Å². The normalized spacial score (nSPS) is 17.9. The number of hydrogen-bond donors (Lipinski definition) is 2. The molecule has 3 N–H and O–H groups in total. The van der Waals surface area contributed by atoms with Gasteiger partial charge in [0.2, 0.25) is 0 Å². The highest BCUT2D eigenvalue weighted by Crippen LogP contribution is 2.31. The molecule has 2 aliphatic rings. The lowest BCUT2D eigenvalue weighted by atomic mass is 10.0. The SMILES string of the molecule is C=C1/C(=C(\N=C/N)Nc2ccc(S(C)(=O)=O)cc2F)OCCN1C1CCN(C(=O)Oc2cccc(OC)c2)CC1. The van der Waals surface area contributed by atoms with Crippen molar-refractivity contribution in [3.05, 3.63) is 72.1 Å². The molecule has 0 saturated carbocycles. The minimum absolute atomic E-state index is 0.00289. The van der Waals surface area contributed by atoms with Crippen molar-refractivity contribution in [3.8, 4) is 11.5 Å². The number of nitrogens with one attached hydrogen (secondary N) is 1. The highest BCUT2D eigenvalue weighted by molar-refractivity contribution is 7.90. The van der Waals surface area contributed by atoms with Crippen LogP contribution in [-0.2, 0) is 14.6 Å². The molecule has 2 aromatic carbocycles. The summed E-state index contributed by atoms with van der Waals surface area (Å²) in [5.74, 6) is 0.646. The molecule has 0 aliphatic carbocycles. The molecule has 4 rings (SSSR count). The number of anilines is 1. The Morgan fingerprint density at radius 1 is 1.20 bits per heavy atom. The zero-order chi connectivity index (χ0) is 28.9. The topological polar surface area (TPSA) is 136 Å². The lowest BCUT2D eigenvalue weighted by Crippen LogP contribution is -2.49. The van der Waals surface area contributed by atoms with Crippen molar-refractivity contribution in [2.45, 2.75) is 23.8 Å². The molecule has 1 amide bonds. The number of aliphatic imine (C=N–C) groups is 1. The highest BCUT2D eigenvalue weighted by Gasteiger charge is 2.33. The number of halogens is 1. The molecule has 0 spiro atoms. The first-order valence-electron chi connectivity index (χ1n) is 12.6. The summed E-state index contributed by atoms with van der Waals surface area (Å²) in [6.45, 7) is 6.06. The van der Waals surface area contributed by atoms with Gasteiger partial charge in [-0.3, -0.25) is 0 Å². The standard InChI is InChI=1S/C27H32FN5O6S/c1-18-25(26(30-17-29)31-24-8-7-22(16-23(24)28)40(3,35)36)38-14-13-33(18)19-9-11-32(12-10-19)27(34)39-21-6-4-5-20(15-21)37-2/h4-8,15-17,19,31H,1,9-14H2,2-3H3,(H2,29,30)/b26-25-. The maximum absolute atomic E-state index is 14.7. The summed E-state index contributed by atoms with van der Waals surface area (Å²) in [5.41, 5.74) is 6.08. The van der Waals surface area contributed by atoms with E-state index in [1.807, 2.05) is 0 Å². The minimum Gasteiger partial charge on any atom is -0.497 e. The van der Waals surface area contributed by atoms with E-state index in [1.165, 1.54) is 12.1 Å². The van der Waals surface area contributed by atoms with Crippen LogP contribution < -0.4 is 20.5 Å². The lowest BCUT2D eigenvalue weighted by molar-refractivity contribution is 0.0693. The number of piperidine rings is 1. The van der Waals surface area contributed by atoms with Crippen molar-refractivity contribution in [1.29, 1.82) is 0 Å². The van der Waals surface area contributed by atoms with Gasteiger partial charge in [0.05, 0.1) is 36.3 Å². The van der Waals surface area contributed by atoms with E-state index in [1.54, 1.807) is 36.3 Å². The fraction of sp³-hybridized carbons (Fsp3) is 0.333. The molecule has 13 heteroatoms. The van der Waals surface area contributed by atoms with Gasteiger partial charge in [0.15, 0.2) is 21.4 Å². The Morgan fingerprint density at radius 2 is 1.93 bits per heavy atom. The number of carbonyl (C=O) groups is 1. The van der Waals surface area contributed by atoms with Gasteiger partial charge < -0.3 is 35.1 Å². The second-order valence-corrected chi connectivity index (χ2v) is 11.3. The second kappa shape index (κ2) is 12.3. The van der Waals surface area contributed by atoms with Crippen LogP contribution in [0.4, 0.5) is 14.9 Å². The number of methoxy groups -OCH3 is 1. The van der Waals surface area contributed by atoms with Gasteiger partial charge in [0, 0.05) is 31.5 Å². The van der Waals surface area contributed by atoms with Crippen molar-refractivity contribution in [3.63, 3.8) is 0 Å². The Kier molecular flexibility index (Phi) is 8.83. The van der Waals surface area contributed by atoms with Gasteiger partial charge in [-0.2, -0.15) is 0 Å². The average Bonchev–Trinajstić information content (AvgIpc) is 2.93. The molecule has 2 fully saturated rings. The van der Waals surface area contributed by atoms with Crippen molar-refractivity contribution < 1.29 is 31.8 Å². The number of benzene rings is 2. The van der Waals surface area contributed by atoms with Gasteiger partial charge in [0.1, 0.15) is 23.9 Å². The Morgan fingerprint density at radius 3 is 2.58 bits per heavy atom. The summed E-state index contributed by atoms with van der Waals surface area (Å²) in [7, 11) is -2.03. The zero-order valence-corrected chi connectivity index (χ0v) is 23.1. The predicted octanol–water partition coefficient (Wildman–Crippen LogP) is 3.32. The van der Waals surface area contributed by atoms with Gasteiger partial charge in [-0.15, -0.1) is 0 Å². The number of likely N-dealkylation sites (tertiary alicyclic amines) is 1. The van der Waals surface area contributed by atoms with E-state index in [9.17, 15) is 17.6 Å². The molecular formula is C27H32FN5O6S. The molecule has 0 aromatic heterocycles. The first-order valence-corrected chi connectivity index (χ1v) is 14.4. The lowest BCUT2D eigenvalue weighted by Gasteiger charge is -2.42. The molecule has 214 valence electrons. The number of nitrogens with two attached hydrogens (primary N) is 1. The van der Waals surface area contributed by atoms with E-state index in [0.717, 1.165) is 18.7 Å². The molecule has 40 heavy (non-hydrogen) atoms. The molecule has 0 bridgehead atoms. The minimum atomic E-state index is -3.57. The molecule has 2 heterocycles. The van der Waals surface area contributed by atoms with Crippen LogP contribution in [0.15, 0.2) is 76.2 Å². The van der Waals surface area contributed by atoms with Crippen LogP contribution >= 0.6 is 0 Å². The van der Waals surface area contributed by atoms with E-state index in [2.05, 4.69) is 21.8 Å². The fourth-order valence-electron chi connectivity index (χ4n) is 4.57. The van der Waals surface area contributed by atoms with Crippen LogP contribution in [0.5, 0.6) is 11.5 Å². The van der Waals surface area contributed by atoms with Crippen molar-refractivity contribution in [2.24, 2.45) is 10.7 Å². The second-order valence-electron chi connectivity index (χ2n) is 9.25. The summed E-state index contributed by atoms with van der Waals surface area (Å²) in [5, 5.41) is 2.84. The van der Waals surface area contributed by atoms with Crippen LogP contribution in [0, 0.1) is 5.82 Å². The van der Waals surface area contributed by atoms with Crippen LogP contribution in [0.1, 0.15) is 12.8 Å². The van der Waals surface area contributed by atoms with Gasteiger partial charge >= 0.3 is 6.09 Å². The summed E-state index contributed by atoms with van der Waals surface area (Å²) in [6.07, 6.45) is 2.96. The third-order valence-electron chi connectivity index (χ3n) is 6.64. The smallest absolute Gasteiger partial charge is 0.415 e. The zero-order valence-electron chi connectivity index (χ0n) is 22.3. The monoisotopic (exact) mass is 573 g/mol. The number of amides is 1. The van der Waals surface area contributed by atoms with Crippen LogP contribution in [0.3, 0.4) is 0 Å².